The summed E-state index contributed by atoms with van der Waals surface area (Å²) in [7, 11) is 1.08. The Morgan fingerprint density at radius 1 is 1.54 bits per heavy atom. The molecule has 0 aromatic carbocycles. The van der Waals surface area contributed by atoms with Crippen molar-refractivity contribution in [2.75, 3.05) is 0 Å². The zero-order valence-corrected chi connectivity index (χ0v) is 9.14. The van der Waals surface area contributed by atoms with Gasteiger partial charge in [-0.25, -0.2) is 4.79 Å². The van der Waals surface area contributed by atoms with Crippen LogP contribution in [0.25, 0.3) is 0 Å². The molecule has 0 bridgehead atoms. The highest BCUT2D eigenvalue weighted by atomic mass is 16.6. The maximum absolute atomic E-state index is 11.2. The average Bonchev–Trinajstić information content (AvgIpc) is 2.00. The van der Waals surface area contributed by atoms with Crippen molar-refractivity contribution >= 4 is 13.2 Å². The molecule has 0 unspecified atom stereocenters. The van der Waals surface area contributed by atoms with Gasteiger partial charge in [0.15, 0.2) is 0 Å². The fourth-order valence-corrected chi connectivity index (χ4v) is 0.992. The van der Waals surface area contributed by atoms with Gasteiger partial charge in [0.05, 0.1) is 0 Å². The number of esters is 1. The minimum absolute atomic E-state index is 0.291. The van der Waals surface area contributed by atoms with Crippen LogP contribution in [0.3, 0.4) is 0 Å². The molecule has 0 N–H and O–H groups in total. The molecule has 0 amide bonds. The monoisotopic (exact) mass is 182 g/mol. The van der Waals surface area contributed by atoms with Crippen molar-refractivity contribution in [3.63, 3.8) is 0 Å². The first-order chi connectivity index (χ1) is 5.89. The van der Waals surface area contributed by atoms with E-state index in [1.807, 2.05) is 13.8 Å². The summed E-state index contributed by atoms with van der Waals surface area (Å²) in [4.78, 5) is 11.2. The summed E-state index contributed by atoms with van der Waals surface area (Å²) in [6.07, 6.45) is 2.02. The van der Waals surface area contributed by atoms with Gasteiger partial charge in [0.1, 0.15) is 12.9 Å². The van der Waals surface area contributed by atoms with Crippen molar-refractivity contribution < 1.29 is 9.53 Å². The largest absolute Gasteiger partial charge is 0.457 e. The van der Waals surface area contributed by atoms with E-state index in [1.165, 1.54) is 0 Å². The van der Waals surface area contributed by atoms with E-state index < -0.39 is 0 Å². The normalized spacial score (nSPS) is 10.8. The molecule has 0 aliphatic rings. The number of hydrogen-bond donors (Lipinski definition) is 0. The van der Waals surface area contributed by atoms with Gasteiger partial charge in [0.2, 0.25) is 0 Å². The van der Waals surface area contributed by atoms with Gasteiger partial charge in [-0.2, -0.15) is 0 Å². The van der Waals surface area contributed by atoms with E-state index in [2.05, 4.69) is 13.5 Å². The van der Waals surface area contributed by atoms with E-state index in [4.69, 9.17) is 4.74 Å². The van der Waals surface area contributed by atoms with Crippen molar-refractivity contribution in [3.8, 4) is 0 Å². The molecule has 0 aliphatic carbocycles. The summed E-state index contributed by atoms with van der Waals surface area (Å²) in [5, 5.41) is 0. The third kappa shape index (κ3) is 5.50. The fourth-order valence-electron chi connectivity index (χ4n) is 0.992. The van der Waals surface area contributed by atoms with Crippen LogP contribution in [0.15, 0.2) is 12.2 Å². The number of carbonyl (C=O) groups excluding carboxylic acids is 1. The molecule has 2 nitrogen and oxygen atoms in total. The molecule has 0 saturated carbocycles. The maximum Gasteiger partial charge on any atom is 0.333 e. The predicted octanol–water partition coefficient (Wildman–Crippen LogP) is 2.18. The van der Waals surface area contributed by atoms with Crippen LogP contribution in [0.5, 0.6) is 0 Å². The Kier molecular flexibility index (Phi) is 4.82. The molecule has 0 saturated heterocycles. The number of rotatable bonds is 5. The molecule has 0 aromatic rings. The summed E-state index contributed by atoms with van der Waals surface area (Å²) in [5.74, 6) is -0.291. The lowest BCUT2D eigenvalue weighted by Crippen LogP contribution is -2.29. The lowest BCUT2D eigenvalue weighted by atomic mass is 9.66. The minimum Gasteiger partial charge on any atom is -0.457 e. The van der Waals surface area contributed by atoms with Crippen molar-refractivity contribution in [1.29, 1.82) is 0 Å². The molecule has 0 fully saturated rings. The van der Waals surface area contributed by atoms with Crippen molar-refractivity contribution in [2.24, 2.45) is 0 Å². The lowest BCUT2D eigenvalue weighted by molar-refractivity contribution is -0.149. The second kappa shape index (κ2) is 5.10. The Hall–Kier alpha value is -0.725. The van der Waals surface area contributed by atoms with E-state index >= 15 is 0 Å². The standard InChI is InChI=1S/C10H19BO2/c1-6-11-7-10(4,5)13-9(12)8(2)3/h11H,2,6-7H2,1,3-5H3. The van der Waals surface area contributed by atoms with E-state index in [1.54, 1.807) is 6.92 Å². The third-order valence-corrected chi connectivity index (χ3v) is 1.85. The van der Waals surface area contributed by atoms with Crippen LogP contribution in [-0.2, 0) is 9.53 Å². The highest BCUT2D eigenvalue weighted by molar-refractivity contribution is 6.35. The summed E-state index contributed by atoms with van der Waals surface area (Å²) in [6.45, 7) is 11.2. The van der Waals surface area contributed by atoms with Gasteiger partial charge in [0.25, 0.3) is 0 Å². The van der Waals surface area contributed by atoms with Crippen LogP contribution < -0.4 is 0 Å². The molecular weight excluding hydrogens is 163 g/mol. The van der Waals surface area contributed by atoms with Gasteiger partial charge in [-0.15, -0.1) is 0 Å². The highest BCUT2D eigenvalue weighted by Gasteiger charge is 2.22. The summed E-state index contributed by atoms with van der Waals surface area (Å²) < 4.78 is 5.26. The molecule has 3 heteroatoms. The van der Waals surface area contributed by atoms with Gasteiger partial charge in [-0.3, -0.25) is 0 Å². The second-order valence-electron chi connectivity index (χ2n) is 4.03. The zero-order valence-electron chi connectivity index (χ0n) is 9.14. The van der Waals surface area contributed by atoms with Crippen molar-refractivity contribution in [3.05, 3.63) is 12.2 Å². The second-order valence-corrected chi connectivity index (χ2v) is 4.03. The Morgan fingerprint density at radius 2 is 2.08 bits per heavy atom. The molecule has 0 spiro atoms. The number of hydrogen-bond acceptors (Lipinski definition) is 2. The van der Waals surface area contributed by atoms with Crippen LogP contribution in [0.4, 0.5) is 0 Å². The fraction of sp³-hybridized carbons (Fsp3) is 0.700. The summed E-state index contributed by atoms with van der Waals surface area (Å²) in [5.41, 5.74) is 0.107. The summed E-state index contributed by atoms with van der Waals surface area (Å²) >= 11 is 0. The molecule has 0 atom stereocenters. The van der Waals surface area contributed by atoms with Crippen molar-refractivity contribution in [1.82, 2.24) is 0 Å². The molecular formula is C10H19BO2. The van der Waals surface area contributed by atoms with Gasteiger partial charge >= 0.3 is 5.97 Å². The Bertz CT molecular complexity index is 197. The SMILES string of the molecule is C=C(C)C(=O)OC(C)(C)CBCC. The van der Waals surface area contributed by atoms with E-state index in [0.29, 0.717) is 5.57 Å². The first-order valence-corrected chi connectivity index (χ1v) is 4.78. The van der Waals surface area contributed by atoms with Crippen LogP contribution in [0, 0.1) is 0 Å². The Labute approximate surface area is 81.6 Å². The summed E-state index contributed by atoms with van der Waals surface area (Å²) in [6, 6.07) is 0. The van der Waals surface area contributed by atoms with E-state index in [9.17, 15) is 4.79 Å². The van der Waals surface area contributed by atoms with E-state index in [-0.39, 0.29) is 11.6 Å². The van der Waals surface area contributed by atoms with Crippen LogP contribution in [0.2, 0.25) is 12.6 Å². The minimum atomic E-state index is -0.355. The van der Waals surface area contributed by atoms with Gasteiger partial charge in [-0.05, 0) is 27.1 Å². The van der Waals surface area contributed by atoms with Gasteiger partial charge < -0.3 is 4.74 Å². The zero-order chi connectivity index (χ0) is 10.5. The first kappa shape index (κ1) is 12.3. The van der Waals surface area contributed by atoms with Gasteiger partial charge in [0, 0.05) is 5.57 Å². The Balaban J connectivity index is 4.00. The Morgan fingerprint density at radius 3 is 2.46 bits per heavy atom. The quantitative estimate of drug-likeness (QED) is 0.370. The third-order valence-electron chi connectivity index (χ3n) is 1.85. The molecule has 74 valence electrons. The van der Waals surface area contributed by atoms with Gasteiger partial charge in [-0.1, -0.05) is 19.8 Å². The van der Waals surface area contributed by atoms with E-state index in [0.717, 1.165) is 19.9 Å². The van der Waals surface area contributed by atoms with Crippen molar-refractivity contribution in [2.45, 2.75) is 45.9 Å². The molecule has 0 rings (SSSR count). The molecule has 0 aromatic heterocycles. The molecule has 0 aliphatic heterocycles. The van der Waals surface area contributed by atoms with Crippen LogP contribution >= 0.6 is 0 Å². The molecule has 0 radical (unpaired) electrons. The first-order valence-electron chi connectivity index (χ1n) is 4.78. The highest BCUT2D eigenvalue weighted by Crippen LogP contribution is 2.16. The van der Waals surface area contributed by atoms with Crippen LogP contribution in [0.1, 0.15) is 27.7 Å². The molecule has 0 heterocycles. The lowest BCUT2D eigenvalue weighted by Gasteiger charge is -2.24. The maximum atomic E-state index is 11.2. The average molecular weight is 182 g/mol. The number of ether oxygens (including phenoxy) is 1. The predicted molar refractivity (Wildman–Crippen MR) is 57.4 cm³/mol. The topological polar surface area (TPSA) is 26.3 Å². The smallest absolute Gasteiger partial charge is 0.333 e. The number of carbonyl (C=O) groups is 1. The molecule has 13 heavy (non-hydrogen) atoms. The van der Waals surface area contributed by atoms with Crippen LogP contribution in [-0.4, -0.2) is 18.8 Å².